The number of thiocarbonyl (C=S) groups is 1. The number of nitrogens with two attached hydrogens (primary N) is 1. The second-order valence-electron chi connectivity index (χ2n) is 4.45. The fourth-order valence-electron chi connectivity index (χ4n) is 2.03. The Kier molecular flexibility index (Phi) is 4.57. The molecule has 0 aliphatic rings. The molecule has 2 aromatic carbocycles. The largest absolute Gasteiger partial charge is 0.389 e. The Labute approximate surface area is 128 Å². The van der Waals surface area contributed by atoms with Gasteiger partial charge in [0.1, 0.15) is 10.8 Å². The number of hydrogen-bond acceptors (Lipinski definition) is 2. The summed E-state index contributed by atoms with van der Waals surface area (Å²) in [6.45, 7) is 0.381. The standard InChI is InChI=1S/C15H14ClFN2S/c1-19(9-10-5-4-7-12(16)14(10)17)13-8-3-2-6-11(13)15(18)20/h2-8H,9H2,1H3,(H2,18,20). The molecule has 0 radical (unpaired) electrons. The number of halogens is 2. The first kappa shape index (κ1) is 14.8. The number of para-hydroxylation sites is 1. The highest BCUT2D eigenvalue weighted by molar-refractivity contribution is 7.80. The first-order chi connectivity index (χ1) is 9.50. The van der Waals surface area contributed by atoms with Crippen LogP contribution in [0.15, 0.2) is 42.5 Å². The van der Waals surface area contributed by atoms with Crippen LogP contribution in [-0.4, -0.2) is 12.0 Å². The van der Waals surface area contributed by atoms with Crippen LogP contribution in [0.3, 0.4) is 0 Å². The van der Waals surface area contributed by atoms with Crippen LogP contribution < -0.4 is 10.6 Å². The van der Waals surface area contributed by atoms with Crippen molar-refractivity contribution >= 4 is 34.5 Å². The van der Waals surface area contributed by atoms with Gasteiger partial charge in [-0.2, -0.15) is 0 Å². The molecule has 0 bridgehead atoms. The van der Waals surface area contributed by atoms with Crippen molar-refractivity contribution in [2.75, 3.05) is 11.9 Å². The van der Waals surface area contributed by atoms with E-state index in [1.54, 1.807) is 12.1 Å². The Morgan fingerprint density at radius 2 is 1.95 bits per heavy atom. The van der Waals surface area contributed by atoms with E-state index in [1.165, 1.54) is 6.07 Å². The van der Waals surface area contributed by atoms with Gasteiger partial charge in [-0.3, -0.25) is 0 Å². The summed E-state index contributed by atoms with van der Waals surface area (Å²) in [7, 11) is 1.86. The van der Waals surface area contributed by atoms with E-state index < -0.39 is 5.82 Å². The topological polar surface area (TPSA) is 29.3 Å². The van der Waals surface area contributed by atoms with Crippen molar-refractivity contribution in [3.05, 3.63) is 64.4 Å². The maximum Gasteiger partial charge on any atom is 0.146 e. The van der Waals surface area contributed by atoms with E-state index in [4.69, 9.17) is 29.6 Å². The van der Waals surface area contributed by atoms with Gasteiger partial charge >= 0.3 is 0 Å². The van der Waals surface area contributed by atoms with E-state index in [0.717, 1.165) is 11.3 Å². The molecular weight excluding hydrogens is 295 g/mol. The van der Waals surface area contributed by atoms with Crippen molar-refractivity contribution in [3.8, 4) is 0 Å². The van der Waals surface area contributed by atoms with Crippen molar-refractivity contribution in [2.45, 2.75) is 6.54 Å². The summed E-state index contributed by atoms with van der Waals surface area (Å²) in [6, 6.07) is 12.5. The first-order valence-electron chi connectivity index (χ1n) is 6.03. The lowest BCUT2D eigenvalue weighted by atomic mass is 10.1. The summed E-state index contributed by atoms with van der Waals surface area (Å²) in [6.07, 6.45) is 0. The molecule has 0 fully saturated rings. The molecule has 0 saturated heterocycles. The van der Waals surface area contributed by atoms with Gasteiger partial charge in [-0.25, -0.2) is 4.39 Å². The molecule has 2 aromatic rings. The predicted molar refractivity (Wildman–Crippen MR) is 85.8 cm³/mol. The fraction of sp³-hybridized carbons (Fsp3) is 0.133. The summed E-state index contributed by atoms with van der Waals surface area (Å²) >= 11 is 10.8. The Hall–Kier alpha value is -1.65. The molecule has 0 aromatic heterocycles. The van der Waals surface area contributed by atoms with Crippen LogP contribution in [-0.2, 0) is 6.54 Å². The Morgan fingerprint density at radius 3 is 2.65 bits per heavy atom. The summed E-state index contributed by atoms with van der Waals surface area (Å²) in [5.41, 5.74) is 7.87. The smallest absolute Gasteiger partial charge is 0.146 e. The number of benzene rings is 2. The van der Waals surface area contributed by atoms with Crippen molar-refractivity contribution in [3.63, 3.8) is 0 Å². The molecule has 0 aliphatic heterocycles. The van der Waals surface area contributed by atoms with E-state index in [-0.39, 0.29) is 5.02 Å². The summed E-state index contributed by atoms with van der Waals surface area (Å²) in [4.78, 5) is 2.21. The molecule has 0 unspecified atom stereocenters. The zero-order chi connectivity index (χ0) is 14.7. The molecule has 20 heavy (non-hydrogen) atoms. The van der Waals surface area contributed by atoms with Gasteiger partial charge < -0.3 is 10.6 Å². The minimum absolute atomic E-state index is 0.124. The third kappa shape index (κ3) is 3.08. The van der Waals surface area contributed by atoms with Crippen molar-refractivity contribution in [2.24, 2.45) is 5.73 Å². The van der Waals surface area contributed by atoms with Gasteiger partial charge in [-0.05, 0) is 18.2 Å². The molecule has 2 nitrogen and oxygen atoms in total. The van der Waals surface area contributed by atoms with E-state index in [9.17, 15) is 4.39 Å². The lowest BCUT2D eigenvalue weighted by molar-refractivity contribution is 0.608. The number of hydrogen-bond donors (Lipinski definition) is 1. The Balaban J connectivity index is 2.31. The highest BCUT2D eigenvalue weighted by atomic mass is 35.5. The highest BCUT2D eigenvalue weighted by Gasteiger charge is 2.12. The average Bonchev–Trinajstić information content (AvgIpc) is 2.43. The van der Waals surface area contributed by atoms with Gasteiger partial charge in [0.2, 0.25) is 0 Å². The highest BCUT2D eigenvalue weighted by Crippen LogP contribution is 2.24. The van der Waals surface area contributed by atoms with Crippen LogP contribution in [0.2, 0.25) is 5.02 Å². The summed E-state index contributed by atoms with van der Waals surface area (Å²) in [5, 5.41) is 0.124. The fourth-order valence-corrected chi connectivity index (χ4v) is 2.39. The molecule has 0 amide bonds. The zero-order valence-electron chi connectivity index (χ0n) is 10.9. The number of nitrogens with zero attached hydrogens (tertiary/aromatic N) is 1. The van der Waals surface area contributed by atoms with Crippen LogP contribution in [0.4, 0.5) is 10.1 Å². The van der Waals surface area contributed by atoms with Gasteiger partial charge in [0.25, 0.3) is 0 Å². The van der Waals surface area contributed by atoms with Crippen molar-refractivity contribution in [1.29, 1.82) is 0 Å². The van der Waals surface area contributed by atoms with Gasteiger partial charge in [0.05, 0.1) is 5.02 Å². The predicted octanol–water partition coefficient (Wildman–Crippen LogP) is 3.75. The second-order valence-corrected chi connectivity index (χ2v) is 5.30. The zero-order valence-corrected chi connectivity index (χ0v) is 12.5. The molecule has 104 valence electrons. The Bertz CT molecular complexity index is 646. The molecule has 2 rings (SSSR count). The molecule has 0 saturated carbocycles. The van der Waals surface area contributed by atoms with Gasteiger partial charge in [-0.15, -0.1) is 0 Å². The van der Waals surface area contributed by atoms with Crippen LogP contribution in [0.1, 0.15) is 11.1 Å². The van der Waals surface area contributed by atoms with E-state index in [2.05, 4.69) is 0 Å². The summed E-state index contributed by atoms with van der Waals surface area (Å²) < 4.78 is 13.9. The minimum atomic E-state index is -0.395. The van der Waals surface area contributed by atoms with Gasteiger partial charge in [0.15, 0.2) is 0 Å². The quantitative estimate of drug-likeness (QED) is 0.872. The van der Waals surface area contributed by atoms with E-state index in [1.807, 2.05) is 36.2 Å². The van der Waals surface area contributed by atoms with Gasteiger partial charge in [0, 0.05) is 30.4 Å². The monoisotopic (exact) mass is 308 g/mol. The third-order valence-electron chi connectivity index (χ3n) is 3.02. The average molecular weight is 309 g/mol. The maximum absolute atomic E-state index is 13.9. The molecule has 0 spiro atoms. The van der Waals surface area contributed by atoms with E-state index in [0.29, 0.717) is 17.1 Å². The SMILES string of the molecule is CN(Cc1cccc(Cl)c1F)c1ccccc1C(N)=S. The minimum Gasteiger partial charge on any atom is -0.389 e. The maximum atomic E-state index is 13.9. The van der Waals surface area contributed by atoms with Crippen LogP contribution in [0, 0.1) is 5.82 Å². The number of anilines is 1. The molecule has 5 heteroatoms. The lowest BCUT2D eigenvalue weighted by Crippen LogP contribution is -2.22. The molecule has 2 N–H and O–H groups in total. The van der Waals surface area contributed by atoms with Crippen LogP contribution in [0.25, 0.3) is 0 Å². The van der Waals surface area contributed by atoms with E-state index >= 15 is 0 Å². The van der Waals surface area contributed by atoms with Crippen molar-refractivity contribution < 1.29 is 4.39 Å². The normalized spacial score (nSPS) is 10.3. The summed E-state index contributed by atoms with van der Waals surface area (Å²) in [5.74, 6) is -0.395. The first-order valence-corrected chi connectivity index (χ1v) is 6.82. The Morgan fingerprint density at radius 1 is 1.25 bits per heavy atom. The second kappa shape index (κ2) is 6.20. The molecule has 0 heterocycles. The van der Waals surface area contributed by atoms with Crippen LogP contribution in [0.5, 0.6) is 0 Å². The number of rotatable bonds is 4. The molecule has 0 aliphatic carbocycles. The lowest BCUT2D eigenvalue weighted by Gasteiger charge is -2.22. The van der Waals surface area contributed by atoms with Crippen LogP contribution >= 0.6 is 23.8 Å². The third-order valence-corrected chi connectivity index (χ3v) is 3.53. The molecule has 0 atom stereocenters. The van der Waals surface area contributed by atoms with Gasteiger partial charge in [-0.1, -0.05) is 48.1 Å². The molecular formula is C15H14ClFN2S. The van der Waals surface area contributed by atoms with Crippen molar-refractivity contribution in [1.82, 2.24) is 0 Å².